The van der Waals surface area contributed by atoms with Gasteiger partial charge in [-0.15, -0.1) is 0 Å². The minimum Gasteiger partial charge on any atom is -0.497 e. The number of nitrogens with one attached hydrogen (secondary N) is 1. The van der Waals surface area contributed by atoms with E-state index < -0.39 is 0 Å². The standard InChI is InChI=1S/C20H25NO3/c1-15(13-16-7-9-18(23-2)10-8-16)21-12-11-20(22)17-5-4-6-19(14-17)24-3/h4-10,14-15,21H,11-13H2,1-3H3. The monoisotopic (exact) mass is 327 g/mol. The van der Waals surface area contributed by atoms with Crippen molar-refractivity contribution in [2.75, 3.05) is 20.8 Å². The van der Waals surface area contributed by atoms with Crippen molar-refractivity contribution in [2.45, 2.75) is 25.8 Å². The molecule has 0 aliphatic heterocycles. The lowest BCUT2D eigenvalue weighted by atomic mass is 10.1. The molecule has 1 unspecified atom stereocenters. The molecule has 0 spiro atoms. The predicted molar refractivity (Wildman–Crippen MR) is 96.1 cm³/mol. The van der Waals surface area contributed by atoms with Gasteiger partial charge in [-0.1, -0.05) is 24.3 Å². The van der Waals surface area contributed by atoms with Gasteiger partial charge in [0.2, 0.25) is 0 Å². The van der Waals surface area contributed by atoms with Gasteiger partial charge in [-0.2, -0.15) is 0 Å². The first-order valence-corrected chi connectivity index (χ1v) is 8.16. The Morgan fingerprint density at radius 1 is 1.04 bits per heavy atom. The van der Waals surface area contributed by atoms with E-state index in [-0.39, 0.29) is 5.78 Å². The molecular weight excluding hydrogens is 302 g/mol. The quantitative estimate of drug-likeness (QED) is 0.716. The van der Waals surface area contributed by atoms with Crippen LogP contribution in [-0.4, -0.2) is 32.6 Å². The third-order valence-electron chi connectivity index (χ3n) is 3.94. The zero-order valence-electron chi connectivity index (χ0n) is 14.5. The number of hydrogen-bond acceptors (Lipinski definition) is 4. The number of methoxy groups -OCH3 is 2. The molecule has 2 aromatic rings. The van der Waals surface area contributed by atoms with Gasteiger partial charge in [-0.25, -0.2) is 0 Å². The summed E-state index contributed by atoms with van der Waals surface area (Å²) in [6.45, 7) is 2.79. The smallest absolute Gasteiger partial charge is 0.164 e. The summed E-state index contributed by atoms with van der Waals surface area (Å²) in [5.41, 5.74) is 1.94. The second kappa shape index (κ2) is 9.08. The van der Waals surface area contributed by atoms with Crippen molar-refractivity contribution in [3.8, 4) is 11.5 Å². The van der Waals surface area contributed by atoms with Gasteiger partial charge < -0.3 is 14.8 Å². The second-order valence-electron chi connectivity index (χ2n) is 5.81. The Labute approximate surface area is 143 Å². The van der Waals surface area contributed by atoms with Crippen LogP contribution < -0.4 is 14.8 Å². The molecule has 0 radical (unpaired) electrons. The lowest BCUT2D eigenvalue weighted by Gasteiger charge is -2.14. The molecule has 0 bridgehead atoms. The van der Waals surface area contributed by atoms with Crippen LogP contribution in [0.2, 0.25) is 0 Å². The van der Waals surface area contributed by atoms with Crippen LogP contribution in [0.3, 0.4) is 0 Å². The van der Waals surface area contributed by atoms with Crippen LogP contribution in [0.1, 0.15) is 29.3 Å². The SMILES string of the molecule is COc1ccc(CC(C)NCCC(=O)c2cccc(OC)c2)cc1. The average Bonchev–Trinajstić information content (AvgIpc) is 2.62. The summed E-state index contributed by atoms with van der Waals surface area (Å²) in [6.07, 6.45) is 1.39. The molecule has 0 fully saturated rings. The van der Waals surface area contributed by atoms with E-state index in [2.05, 4.69) is 24.4 Å². The van der Waals surface area contributed by atoms with Crippen LogP contribution in [0.5, 0.6) is 11.5 Å². The molecule has 1 N–H and O–H groups in total. The lowest BCUT2D eigenvalue weighted by molar-refractivity contribution is 0.0981. The lowest BCUT2D eigenvalue weighted by Crippen LogP contribution is -2.30. The van der Waals surface area contributed by atoms with Crippen molar-refractivity contribution in [2.24, 2.45) is 0 Å². The van der Waals surface area contributed by atoms with E-state index in [4.69, 9.17) is 9.47 Å². The van der Waals surface area contributed by atoms with Gasteiger partial charge in [0.1, 0.15) is 11.5 Å². The summed E-state index contributed by atoms with van der Waals surface area (Å²) in [5.74, 6) is 1.70. The molecule has 0 aliphatic rings. The van der Waals surface area contributed by atoms with Crippen molar-refractivity contribution < 1.29 is 14.3 Å². The first-order chi connectivity index (χ1) is 11.6. The van der Waals surface area contributed by atoms with E-state index in [0.29, 0.717) is 30.3 Å². The van der Waals surface area contributed by atoms with Gasteiger partial charge in [-0.05, 0) is 43.2 Å². The van der Waals surface area contributed by atoms with Gasteiger partial charge in [0.25, 0.3) is 0 Å². The number of ether oxygens (including phenoxy) is 2. The minimum absolute atomic E-state index is 0.123. The first kappa shape index (κ1) is 18.0. The van der Waals surface area contributed by atoms with Crippen LogP contribution in [0.15, 0.2) is 48.5 Å². The van der Waals surface area contributed by atoms with Crippen LogP contribution in [0, 0.1) is 0 Å². The third kappa shape index (κ3) is 5.39. The molecule has 2 rings (SSSR count). The maximum atomic E-state index is 12.2. The largest absolute Gasteiger partial charge is 0.497 e. The second-order valence-corrected chi connectivity index (χ2v) is 5.81. The van der Waals surface area contributed by atoms with Crippen LogP contribution in [0.25, 0.3) is 0 Å². The number of ketones is 1. The Morgan fingerprint density at radius 3 is 2.42 bits per heavy atom. The summed E-state index contributed by atoms with van der Waals surface area (Å²) < 4.78 is 10.3. The molecule has 2 aromatic carbocycles. The topological polar surface area (TPSA) is 47.6 Å². The Balaban J connectivity index is 1.76. The molecule has 0 amide bonds. The van der Waals surface area contributed by atoms with E-state index >= 15 is 0 Å². The van der Waals surface area contributed by atoms with Gasteiger partial charge in [0, 0.05) is 24.6 Å². The molecule has 4 heteroatoms. The average molecular weight is 327 g/mol. The van der Waals surface area contributed by atoms with E-state index in [1.165, 1.54) is 5.56 Å². The molecule has 4 nitrogen and oxygen atoms in total. The number of hydrogen-bond donors (Lipinski definition) is 1. The van der Waals surface area contributed by atoms with E-state index in [9.17, 15) is 4.79 Å². The molecule has 128 valence electrons. The minimum atomic E-state index is 0.123. The fourth-order valence-electron chi connectivity index (χ4n) is 2.56. The number of rotatable bonds is 9. The fraction of sp³-hybridized carbons (Fsp3) is 0.350. The highest BCUT2D eigenvalue weighted by molar-refractivity contribution is 5.96. The van der Waals surface area contributed by atoms with Gasteiger partial charge in [0.05, 0.1) is 14.2 Å². The Bertz CT molecular complexity index is 652. The number of Topliss-reactive ketones (excluding diaryl/α,β-unsaturated/α-hetero) is 1. The highest BCUT2D eigenvalue weighted by Gasteiger charge is 2.08. The summed E-state index contributed by atoms with van der Waals surface area (Å²) >= 11 is 0. The molecule has 0 heterocycles. The van der Waals surface area contributed by atoms with Crippen LogP contribution >= 0.6 is 0 Å². The fourth-order valence-corrected chi connectivity index (χ4v) is 2.56. The normalized spacial score (nSPS) is 11.8. The summed E-state index contributed by atoms with van der Waals surface area (Å²) in [7, 11) is 3.27. The van der Waals surface area contributed by atoms with Crippen LogP contribution in [0.4, 0.5) is 0 Å². The molecular formula is C20H25NO3. The maximum absolute atomic E-state index is 12.2. The van der Waals surface area contributed by atoms with Gasteiger partial charge in [0.15, 0.2) is 5.78 Å². The highest BCUT2D eigenvalue weighted by Crippen LogP contribution is 2.14. The Morgan fingerprint density at radius 2 is 1.75 bits per heavy atom. The molecule has 0 saturated heterocycles. The highest BCUT2D eigenvalue weighted by atomic mass is 16.5. The molecule has 0 aromatic heterocycles. The van der Waals surface area contributed by atoms with E-state index in [1.54, 1.807) is 20.3 Å². The Kier molecular flexibility index (Phi) is 6.82. The van der Waals surface area contributed by atoms with Crippen LogP contribution in [-0.2, 0) is 6.42 Å². The summed E-state index contributed by atoms with van der Waals surface area (Å²) in [5, 5.41) is 3.41. The van der Waals surface area contributed by atoms with Crippen molar-refractivity contribution in [1.82, 2.24) is 5.32 Å². The Hall–Kier alpha value is -2.33. The third-order valence-corrected chi connectivity index (χ3v) is 3.94. The van der Waals surface area contributed by atoms with Gasteiger partial charge >= 0.3 is 0 Å². The summed E-state index contributed by atoms with van der Waals surface area (Å²) in [4.78, 5) is 12.2. The van der Waals surface area contributed by atoms with Crippen molar-refractivity contribution >= 4 is 5.78 Å². The number of carbonyl (C=O) groups is 1. The van der Waals surface area contributed by atoms with Gasteiger partial charge in [-0.3, -0.25) is 4.79 Å². The van der Waals surface area contributed by atoms with Crippen molar-refractivity contribution in [1.29, 1.82) is 0 Å². The molecule has 0 saturated carbocycles. The summed E-state index contributed by atoms with van der Waals surface area (Å²) in [6, 6.07) is 15.7. The first-order valence-electron chi connectivity index (χ1n) is 8.16. The molecule has 24 heavy (non-hydrogen) atoms. The van der Waals surface area contributed by atoms with Crippen molar-refractivity contribution in [3.05, 3.63) is 59.7 Å². The molecule has 0 aliphatic carbocycles. The van der Waals surface area contributed by atoms with E-state index in [1.807, 2.05) is 30.3 Å². The zero-order valence-corrected chi connectivity index (χ0v) is 14.5. The number of carbonyl (C=O) groups excluding carboxylic acids is 1. The maximum Gasteiger partial charge on any atom is 0.164 e. The van der Waals surface area contributed by atoms with E-state index in [0.717, 1.165) is 12.2 Å². The number of benzene rings is 2. The molecule has 1 atom stereocenters. The zero-order chi connectivity index (χ0) is 17.4. The predicted octanol–water partition coefficient (Wildman–Crippen LogP) is 3.50. The van der Waals surface area contributed by atoms with Crippen molar-refractivity contribution in [3.63, 3.8) is 0 Å².